The molecule has 2 aromatic rings. The van der Waals surface area contributed by atoms with Gasteiger partial charge in [-0.2, -0.15) is 25.2 Å². The molecule has 0 unspecified atom stereocenters. The summed E-state index contributed by atoms with van der Waals surface area (Å²) in [7, 11) is -5.55. The third kappa shape index (κ3) is 5.46. The average molecular weight is 406 g/mol. The largest absolute Gasteiger partial charge is 0.524 e. The van der Waals surface area contributed by atoms with Gasteiger partial charge in [0.25, 0.3) is 0 Å². The molecule has 9 heteroatoms. The van der Waals surface area contributed by atoms with Crippen molar-refractivity contribution in [3.8, 4) is 0 Å². The summed E-state index contributed by atoms with van der Waals surface area (Å²) in [5.41, 5.74) is -4.76. The van der Waals surface area contributed by atoms with Crippen LogP contribution in [0.3, 0.4) is 0 Å². The molecule has 0 saturated heterocycles. The number of rotatable bonds is 9. The van der Waals surface area contributed by atoms with Gasteiger partial charge < -0.3 is 0 Å². The number of carbonyl (C=O) groups excluding carboxylic acids is 1. The fourth-order valence-electron chi connectivity index (χ4n) is 2.36. The first-order valence-corrected chi connectivity index (χ1v) is 10.2. The highest BCUT2D eigenvalue weighted by molar-refractivity contribution is 8.04. The Bertz CT molecular complexity index is 858. The predicted octanol–water partition coefficient (Wildman–Crippen LogP) is 5.10. The number of halogens is 3. The van der Waals surface area contributed by atoms with Crippen LogP contribution in [0.5, 0.6) is 0 Å². The Morgan fingerprint density at radius 2 is 1.69 bits per heavy atom. The van der Waals surface area contributed by atoms with E-state index in [4.69, 9.17) is 0 Å². The summed E-state index contributed by atoms with van der Waals surface area (Å²) in [4.78, 5) is 12.4. The van der Waals surface area contributed by atoms with Crippen LogP contribution in [0, 0.1) is 0 Å². The molecule has 0 amide bonds. The Kier molecular flexibility index (Phi) is 7.08. The van der Waals surface area contributed by atoms with E-state index in [1.165, 1.54) is 0 Å². The summed E-state index contributed by atoms with van der Waals surface area (Å²) in [5, 5.41) is 1.87. The molecule has 0 aliphatic heterocycles. The van der Waals surface area contributed by atoms with Crippen molar-refractivity contribution in [2.24, 2.45) is 0 Å². The number of hydrogen-bond donors (Lipinski definition) is 0. The third-order valence-corrected chi connectivity index (χ3v) is 5.77. The summed E-state index contributed by atoms with van der Waals surface area (Å²) in [6.45, 7) is 0. The van der Waals surface area contributed by atoms with Crippen molar-refractivity contribution in [1.29, 1.82) is 0 Å². The van der Waals surface area contributed by atoms with Crippen molar-refractivity contribution in [2.75, 3.05) is 5.75 Å². The molecule has 0 N–H and O–H groups in total. The summed E-state index contributed by atoms with van der Waals surface area (Å²) in [5.74, 6) is 0.1000. The lowest BCUT2D eigenvalue weighted by atomic mass is 9.98. The van der Waals surface area contributed by atoms with E-state index in [1.54, 1.807) is 6.07 Å². The minimum atomic E-state index is -5.55. The second kappa shape index (κ2) is 8.88. The van der Waals surface area contributed by atoms with Crippen molar-refractivity contribution >= 4 is 38.7 Å². The third-order valence-electron chi connectivity index (χ3n) is 3.64. The van der Waals surface area contributed by atoms with Crippen LogP contribution in [-0.2, 0) is 13.7 Å². The predicted molar refractivity (Wildman–Crippen MR) is 95.3 cm³/mol. The van der Waals surface area contributed by atoms with Gasteiger partial charge in [0.2, 0.25) is 0 Å². The van der Waals surface area contributed by atoms with Crippen molar-refractivity contribution in [1.82, 2.24) is 0 Å². The number of benzene rings is 2. The van der Waals surface area contributed by atoms with E-state index in [-0.39, 0.29) is 23.6 Å². The van der Waals surface area contributed by atoms with E-state index >= 15 is 0 Å². The van der Waals surface area contributed by atoms with E-state index in [2.05, 4.69) is 3.63 Å². The Morgan fingerprint density at radius 3 is 2.42 bits per heavy atom. The minimum Gasteiger partial charge on any atom is -0.294 e. The first-order chi connectivity index (χ1) is 12.2. The number of Topliss-reactive ketones (excluding diaryl/α,β-unsaturated/α-hetero) is 1. The van der Waals surface area contributed by atoms with Gasteiger partial charge in [-0.05, 0) is 23.6 Å². The number of fused-ring (bicyclic) bond motifs is 1. The summed E-state index contributed by atoms with van der Waals surface area (Å²) in [6.07, 6.45) is 1.91. The number of hydrogen-bond acceptors (Lipinski definition) is 5. The van der Waals surface area contributed by atoms with Gasteiger partial charge in [-0.15, -0.1) is 0 Å². The zero-order valence-corrected chi connectivity index (χ0v) is 15.3. The first kappa shape index (κ1) is 20.7. The molecule has 0 bridgehead atoms. The van der Waals surface area contributed by atoms with Crippen molar-refractivity contribution in [3.05, 3.63) is 48.0 Å². The molecule has 0 heterocycles. The maximum Gasteiger partial charge on any atom is 0.524 e. The molecule has 26 heavy (non-hydrogen) atoms. The van der Waals surface area contributed by atoms with Gasteiger partial charge in [-0.1, -0.05) is 48.9 Å². The topological polar surface area (TPSA) is 60.4 Å². The van der Waals surface area contributed by atoms with Gasteiger partial charge in [0, 0.05) is 29.8 Å². The van der Waals surface area contributed by atoms with Gasteiger partial charge >= 0.3 is 15.6 Å². The zero-order chi connectivity index (χ0) is 19.2. The first-order valence-electron chi connectivity index (χ1n) is 7.86. The summed E-state index contributed by atoms with van der Waals surface area (Å²) < 4.78 is 61.4. The van der Waals surface area contributed by atoms with Crippen LogP contribution in [0.25, 0.3) is 10.8 Å². The normalized spacial score (nSPS) is 12.4. The van der Waals surface area contributed by atoms with Gasteiger partial charge in [0.1, 0.15) is 0 Å². The number of carbonyl (C=O) groups is 1. The van der Waals surface area contributed by atoms with Crippen LogP contribution in [0.2, 0.25) is 0 Å². The molecule has 2 aromatic carbocycles. The van der Waals surface area contributed by atoms with E-state index < -0.39 is 15.6 Å². The average Bonchev–Trinajstić information content (AvgIpc) is 2.59. The minimum absolute atomic E-state index is 0.00496. The second-order valence-electron chi connectivity index (χ2n) is 5.55. The van der Waals surface area contributed by atoms with Crippen molar-refractivity contribution in [3.63, 3.8) is 0 Å². The fourth-order valence-corrected chi connectivity index (χ4v) is 3.77. The lowest BCUT2D eigenvalue weighted by Gasteiger charge is -2.07. The molecule has 0 atom stereocenters. The van der Waals surface area contributed by atoms with E-state index in [9.17, 15) is 26.4 Å². The smallest absolute Gasteiger partial charge is 0.294 e. The highest BCUT2D eigenvalue weighted by atomic mass is 32.3. The number of ketones is 1. The zero-order valence-electron chi connectivity index (χ0n) is 13.7. The molecule has 4 nitrogen and oxygen atoms in total. The maximum absolute atomic E-state index is 12.4. The van der Waals surface area contributed by atoms with Crippen molar-refractivity contribution in [2.45, 2.75) is 31.2 Å². The van der Waals surface area contributed by atoms with Crippen LogP contribution in [0.15, 0.2) is 42.5 Å². The summed E-state index contributed by atoms with van der Waals surface area (Å²) in [6, 6.07) is 13.1. The molecule has 0 aliphatic rings. The van der Waals surface area contributed by atoms with E-state index in [1.807, 2.05) is 36.4 Å². The number of alkyl halides is 3. The molecular formula is C17H17F3O4S2. The van der Waals surface area contributed by atoms with Crippen molar-refractivity contribution < 1.29 is 30.0 Å². The van der Waals surface area contributed by atoms with E-state index in [0.717, 1.165) is 10.8 Å². The molecule has 0 radical (unpaired) electrons. The Morgan fingerprint density at radius 1 is 1.00 bits per heavy atom. The Hall–Kier alpha value is -1.58. The number of unbranched alkanes of at least 4 members (excludes halogenated alkanes) is 2. The SMILES string of the molecule is O=C(CCCCCSOS(=O)(=O)C(F)(F)F)c1cccc2ccccc12. The molecular weight excluding hydrogens is 389 g/mol. The highest BCUT2D eigenvalue weighted by Gasteiger charge is 2.47. The standard InChI is InChI=1S/C17H17F3O4S2/c18-17(19,20)26(22,23)24-25-12-5-1-2-11-16(21)15-10-6-8-13-7-3-4-9-14(13)15/h3-4,6-10H,1-2,5,11-12H2. The fraction of sp³-hybridized carbons (Fsp3) is 0.353. The molecule has 2 rings (SSSR count). The lowest BCUT2D eigenvalue weighted by molar-refractivity contribution is -0.0494. The molecule has 0 saturated carbocycles. The van der Waals surface area contributed by atoms with Gasteiger partial charge in [-0.3, -0.25) is 4.79 Å². The maximum atomic E-state index is 12.4. The van der Waals surface area contributed by atoms with Crippen LogP contribution in [-0.4, -0.2) is 25.5 Å². The van der Waals surface area contributed by atoms with Crippen LogP contribution >= 0.6 is 12.0 Å². The second-order valence-corrected chi connectivity index (χ2v) is 8.11. The quantitative estimate of drug-likeness (QED) is 0.251. The van der Waals surface area contributed by atoms with Gasteiger partial charge in [0.05, 0.1) is 0 Å². The Labute approximate surface area is 154 Å². The highest BCUT2D eigenvalue weighted by Crippen LogP contribution is 2.28. The molecule has 0 spiro atoms. The van der Waals surface area contributed by atoms with Crippen LogP contribution in [0.1, 0.15) is 36.0 Å². The lowest BCUT2D eigenvalue weighted by Crippen LogP contribution is -2.23. The molecule has 0 aliphatic carbocycles. The molecule has 142 valence electrons. The Balaban J connectivity index is 1.73. The molecule has 0 aromatic heterocycles. The van der Waals surface area contributed by atoms with Gasteiger partial charge in [0.15, 0.2) is 5.78 Å². The monoisotopic (exact) mass is 406 g/mol. The summed E-state index contributed by atoms with van der Waals surface area (Å²) >= 11 is 0.251. The van der Waals surface area contributed by atoms with Crippen LogP contribution < -0.4 is 0 Å². The van der Waals surface area contributed by atoms with Gasteiger partial charge in [-0.25, -0.2) is 0 Å². The molecule has 0 fully saturated rings. The van der Waals surface area contributed by atoms with E-state index in [0.29, 0.717) is 31.2 Å². The van der Waals surface area contributed by atoms with Crippen LogP contribution in [0.4, 0.5) is 13.2 Å².